The molecule has 0 aromatic rings. The van der Waals surface area contributed by atoms with Gasteiger partial charge in [0.25, 0.3) is 0 Å². The summed E-state index contributed by atoms with van der Waals surface area (Å²) < 4.78 is 24.8. The fourth-order valence-corrected chi connectivity index (χ4v) is 2.93. The van der Waals surface area contributed by atoms with Crippen molar-refractivity contribution in [2.24, 2.45) is 5.92 Å². The fraction of sp³-hybridized carbons (Fsp3) is 1.00. The zero-order valence-corrected chi connectivity index (χ0v) is 12.6. The highest BCUT2D eigenvalue weighted by Crippen LogP contribution is 2.11. The van der Waals surface area contributed by atoms with E-state index in [1.807, 2.05) is 0 Å². The maximum atomic E-state index is 11.3. The van der Waals surface area contributed by atoms with Crippen LogP contribution >= 0.6 is 0 Å². The van der Waals surface area contributed by atoms with Crippen molar-refractivity contribution in [3.8, 4) is 0 Å². The van der Waals surface area contributed by atoms with Crippen molar-refractivity contribution in [2.75, 3.05) is 39.0 Å². The summed E-state index contributed by atoms with van der Waals surface area (Å²) in [6, 6.07) is 0.473. The van der Waals surface area contributed by atoms with E-state index < -0.39 is 10.0 Å². The van der Waals surface area contributed by atoms with Crippen LogP contribution in [0.1, 0.15) is 26.7 Å². The number of likely N-dealkylation sites (tertiary alicyclic amines) is 1. The smallest absolute Gasteiger partial charge is 0.212 e. The summed E-state index contributed by atoms with van der Waals surface area (Å²) in [5.74, 6) is 0.880. The van der Waals surface area contributed by atoms with Crippen LogP contribution in [0.4, 0.5) is 0 Å². The van der Waals surface area contributed by atoms with E-state index in [0.717, 1.165) is 31.8 Å². The summed E-state index contributed by atoms with van der Waals surface area (Å²) in [6.07, 6.45) is 2.23. The summed E-state index contributed by atoms with van der Waals surface area (Å²) >= 11 is 0. The van der Waals surface area contributed by atoms with Crippen molar-refractivity contribution in [2.45, 2.75) is 32.7 Å². The van der Waals surface area contributed by atoms with E-state index in [-0.39, 0.29) is 5.75 Å². The Kier molecular flexibility index (Phi) is 6.55. The Hall–Kier alpha value is -0.170. The van der Waals surface area contributed by atoms with Gasteiger partial charge in [-0.3, -0.25) is 0 Å². The monoisotopic (exact) mass is 277 g/mol. The molecule has 1 aliphatic heterocycles. The lowest BCUT2D eigenvalue weighted by Crippen LogP contribution is -2.45. The van der Waals surface area contributed by atoms with Gasteiger partial charge >= 0.3 is 0 Å². The topological polar surface area (TPSA) is 61.4 Å². The van der Waals surface area contributed by atoms with Crippen molar-refractivity contribution in [1.82, 2.24) is 14.9 Å². The van der Waals surface area contributed by atoms with Gasteiger partial charge in [-0.2, -0.15) is 0 Å². The van der Waals surface area contributed by atoms with Crippen LogP contribution in [0.25, 0.3) is 0 Å². The Balaban J connectivity index is 2.16. The highest BCUT2D eigenvalue weighted by Gasteiger charge is 2.19. The average molecular weight is 277 g/mol. The SMILES string of the molecule is CNS(=O)(=O)CCNC1CCN(CC(C)C)CC1. The van der Waals surface area contributed by atoms with Crippen LogP contribution in [0.5, 0.6) is 0 Å². The summed E-state index contributed by atoms with van der Waals surface area (Å²) in [7, 11) is -1.61. The van der Waals surface area contributed by atoms with Gasteiger partial charge in [-0.05, 0) is 38.9 Å². The molecule has 0 amide bonds. The molecule has 0 saturated carbocycles. The van der Waals surface area contributed by atoms with E-state index in [0.29, 0.717) is 12.6 Å². The first-order chi connectivity index (χ1) is 8.43. The number of nitrogens with zero attached hydrogens (tertiary/aromatic N) is 1. The van der Waals surface area contributed by atoms with Gasteiger partial charge in [0.1, 0.15) is 0 Å². The maximum Gasteiger partial charge on any atom is 0.212 e. The van der Waals surface area contributed by atoms with Crippen LogP contribution in [0.3, 0.4) is 0 Å². The Morgan fingerprint density at radius 3 is 2.39 bits per heavy atom. The van der Waals surface area contributed by atoms with Crippen molar-refractivity contribution in [1.29, 1.82) is 0 Å². The standard InChI is InChI=1S/C12H27N3O2S/c1-11(2)10-15-7-4-12(5-8-15)14-6-9-18(16,17)13-3/h11-14H,4-10H2,1-3H3. The predicted octanol–water partition coefficient (Wildman–Crippen LogP) is 0.246. The van der Waals surface area contributed by atoms with E-state index in [1.165, 1.54) is 13.6 Å². The van der Waals surface area contributed by atoms with Gasteiger partial charge in [-0.15, -0.1) is 0 Å². The minimum atomic E-state index is -3.07. The molecular weight excluding hydrogens is 250 g/mol. The first kappa shape index (κ1) is 15.9. The van der Waals surface area contributed by atoms with Crippen LogP contribution in [0, 0.1) is 5.92 Å². The fourth-order valence-electron chi connectivity index (χ4n) is 2.34. The molecule has 0 aliphatic carbocycles. The van der Waals surface area contributed by atoms with Crippen LogP contribution in [0.2, 0.25) is 0 Å². The molecule has 1 rings (SSSR count). The summed E-state index contributed by atoms with van der Waals surface area (Å²) in [5.41, 5.74) is 0. The van der Waals surface area contributed by atoms with Crippen LogP contribution in [-0.4, -0.2) is 58.3 Å². The van der Waals surface area contributed by atoms with Gasteiger partial charge in [-0.1, -0.05) is 13.8 Å². The molecular formula is C12H27N3O2S. The first-order valence-electron chi connectivity index (χ1n) is 6.80. The Morgan fingerprint density at radius 2 is 1.89 bits per heavy atom. The molecule has 1 fully saturated rings. The molecule has 0 spiro atoms. The molecule has 108 valence electrons. The van der Waals surface area contributed by atoms with Crippen LogP contribution in [0.15, 0.2) is 0 Å². The molecule has 0 aromatic carbocycles. The van der Waals surface area contributed by atoms with Gasteiger partial charge in [0.05, 0.1) is 5.75 Å². The first-order valence-corrected chi connectivity index (χ1v) is 8.45. The van der Waals surface area contributed by atoms with Gasteiger partial charge in [0.15, 0.2) is 0 Å². The highest BCUT2D eigenvalue weighted by molar-refractivity contribution is 7.89. The maximum absolute atomic E-state index is 11.3. The zero-order chi connectivity index (χ0) is 13.6. The van der Waals surface area contributed by atoms with E-state index in [4.69, 9.17) is 0 Å². The molecule has 1 heterocycles. The van der Waals surface area contributed by atoms with Crippen LogP contribution in [-0.2, 0) is 10.0 Å². The second-order valence-electron chi connectivity index (χ2n) is 5.45. The minimum Gasteiger partial charge on any atom is -0.313 e. The second kappa shape index (κ2) is 7.43. The quantitative estimate of drug-likeness (QED) is 0.700. The lowest BCUT2D eigenvalue weighted by molar-refractivity contribution is 0.181. The molecule has 0 bridgehead atoms. The Bertz CT molecular complexity index is 322. The predicted molar refractivity (Wildman–Crippen MR) is 75.1 cm³/mol. The molecule has 2 N–H and O–H groups in total. The molecule has 0 aromatic heterocycles. The van der Waals surface area contributed by atoms with E-state index >= 15 is 0 Å². The Morgan fingerprint density at radius 1 is 1.28 bits per heavy atom. The number of sulfonamides is 1. The van der Waals surface area contributed by atoms with Crippen molar-refractivity contribution in [3.63, 3.8) is 0 Å². The number of hydrogen-bond donors (Lipinski definition) is 2. The third-order valence-corrected chi connectivity index (χ3v) is 4.69. The van der Waals surface area contributed by atoms with Gasteiger partial charge < -0.3 is 10.2 Å². The lowest BCUT2D eigenvalue weighted by Gasteiger charge is -2.33. The van der Waals surface area contributed by atoms with Gasteiger partial charge in [0, 0.05) is 19.1 Å². The molecule has 1 aliphatic rings. The number of hydrogen-bond acceptors (Lipinski definition) is 4. The molecule has 0 atom stereocenters. The zero-order valence-electron chi connectivity index (χ0n) is 11.8. The number of rotatable bonds is 7. The third-order valence-electron chi connectivity index (χ3n) is 3.33. The molecule has 1 saturated heterocycles. The van der Waals surface area contributed by atoms with E-state index in [9.17, 15) is 8.42 Å². The number of nitrogens with one attached hydrogen (secondary N) is 2. The summed E-state index contributed by atoms with van der Waals surface area (Å²) in [5, 5.41) is 3.34. The van der Waals surface area contributed by atoms with E-state index in [2.05, 4.69) is 28.8 Å². The highest BCUT2D eigenvalue weighted by atomic mass is 32.2. The van der Waals surface area contributed by atoms with Crippen LogP contribution < -0.4 is 10.0 Å². The van der Waals surface area contributed by atoms with Gasteiger partial charge in [-0.25, -0.2) is 13.1 Å². The lowest BCUT2D eigenvalue weighted by atomic mass is 10.0. The van der Waals surface area contributed by atoms with Crippen molar-refractivity contribution < 1.29 is 8.42 Å². The summed E-state index contributed by atoms with van der Waals surface area (Å²) in [4.78, 5) is 2.49. The van der Waals surface area contributed by atoms with Crippen molar-refractivity contribution in [3.05, 3.63) is 0 Å². The molecule has 0 radical (unpaired) electrons. The average Bonchev–Trinajstić information content (AvgIpc) is 2.30. The molecule has 5 nitrogen and oxygen atoms in total. The third kappa shape index (κ3) is 6.13. The van der Waals surface area contributed by atoms with Crippen molar-refractivity contribution >= 4 is 10.0 Å². The molecule has 6 heteroatoms. The summed E-state index contributed by atoms with van der Waals surface area (Å²) in [6.45, 7) is 8.43. The van der Waals surface area contributed by atoms with E-state index in [1.54, 1.807) is 0 Å². The normalized spacial score (nSPS) is 19.6. The largest absolute Gasteiger partial charge is 0.313 e. The van der Waals surface area contributed by atoms with Gasteiger partial charge in [0.2, 0.25) is 10.0 Å². The second-order valence-corrected chi connectivity index (χ2v) is 7.49. The Labute approximate surface area is 111 Å². The number of piperidine rings is 1. The minimum absolute atomic E-state index is 0.162. The molecule has 0 unspecified atom stereocenters. The molecule has 18 heavy (non-hydrogen) atoms.